The first kappa shape index (κ1) is 13.0. The van der Waals surface area contributed by atoms with Crippen molar-refractivity contribution in [3.8, 4) is 11.3 Å². The highest BCUT2D eigenvalue weighted by atomic mass is 16.4. The second-order valence-corrected chi connectivity index (χ2v) is 4.17. The minimum Gasteiger partial charge on any atom is -0.480 e. The van der Waals surface area contributed by atoms with Crippen molar-refractivity contribution in [2.24, 2.45) is 5.73 Å². The average Bonchev–Trinajstić information content (AvgIpc) is 2.88. The molecule has 1 heterocycles. The van der Waals surface area contributed by atoms with Gasteiger partial charge >= 0.3 is 5.97 Å². The van der Waals surface area contributed by atoms with Crippen molar-refractivity contribution in [2.45, 2.75) is 12.5 Å². The lowest BCUT2D eigenvalue weighted by Crippen LogP contribution is -2.32. The highest BCUT2D eigenvalue weighted by Gasteiger charge is 2.12. The number of hydrogen-bond acceptors (Lipinski definition) is 4. The van der Waals surface area contributed by atoms with E-state index in [-0.39, 0.29) is 12.2 Å². The quantitative estimate of drug-likeness (QED) is 0.797. The number of furan rings is 1. The first-order chi connectivity index (χ1) is 9.10. The number of carbonyl (C=O) groups is 2. The van der Waals surface area contributed by atoms with Gasteiger partial charge < -0.3 is 15.3 Å². The molecule has 1 atom stereocenters. The van der Waals surface area contributed by atoms with Crippen LogP contribution >= 0.6 is 0 Å². The molecule has 0 aliphatic rings. The van der Waals surface area contributed by atoms with Crippen LogP contribution in [-0.4, -0.2) is 23.4 Å². The van der Waals surface area contributed by atoms with Gasteiger partial charge in [-0.15, -0.1) is 0 Å². The van der Waals surface area contributed by atoms with Crippen LogP contribution < -0.4 is 5.73 Å². The summed E-state index contributed by atoms with van der Waals surface area (Å²) in [4.78, 5) is 21.2. The third kappa shape index (κ3) is 3.08. The van der Waals surface area contributed by atoms with E-state index in [0.717, 1.165) is 11.1 Å². The number of nitrogens with two attached hydrogens (primary N) is 1. The standard InChI is InChI=1S/C14H13NO4/c15-12(14(17)18)7-9-1-3-10(4-2-9)13-6-5-11(8-16)19-13/h1-6,8,12H,7,15H2,(H,17,18)/t12-/m0/s1. The summed E-state index contributed by atoms with van der Waals surface area (Å²) in [5.41, 5.74) is 7.12. The van der Waals surface area contributed by atoms with Crippen LogP contribution in [0.2, 0.25) is 0 Å². The molecule has 0 fully saturated rings. The minimum atomic E-state index is -1.02. The second-order valence-electron chi connectivity index (χ2n) is 4.17. The van der Waals surface area contributed by atoms with E-state index >= 15 is 0 Å². The van der Waals surface area contributed by atoms with Gasteiger partial charge in [0.25, 0.3) is 0 Å². The van der Waals surface area contributed by atoms with Crippen molar-refractivity contribution < 1.29 is 19.1 Å². The van der Waals surface area contributed by atoms with Crippen LogP contribution in [0.1, 0.15) is 16.1 Å². The topological polar surface area (TPSA) is 93.5 Å². The van der Waals surface area contributed by atoms with Gasteiger partial charge in [0.1, 0.15) is 11.8 Å². The van der Waals surface area contributed by atoms with E-state index in [1.807, 2.05) is 0 Å². The zero-order chi connectivity index (χ0) is 13.8. The highest BCUT2D eigenvalue weighted by molar-refractivity contribution is 5.74. The van der Waals surface area contributed by atoms with Gasteiger partial charge in [-0.05, 0) is 24.1 Å². The molecule has 98 valence electrons. The third-order valence-electron chi connectivity index (χ3n) is 2.75. The number of rotatable bonds is 5. The van der Waals surface area contributed by atoms with E-state index < -0.39 is 12.0 Å². The lowest BCUT2D eigenvalue weighted by Gasteiger charge is -2.06. The molecule has 0 amide bonds. The Morgan fingerprint density at radius 2 is 1.95 bits per heavy atom. The van der Waals surface area contributed by atoms with Gasteiger partial charge in [-0.2, -0.15) is 0 Å². The van der Waals surface area contributed by atoms with Gasteiger partial charge in [0.2, 0.25) is 0 Å². The largest absolute Gasteiger partial charge is 0.480 e. The van der Waals surface area contributed by atoms with Gasteiger partial charge in [-0.25, -0.2) is 0 Å². The first-order valence-corrected chi connectivity index (χ1v) is 5.73. The average molecular weight is 259 g/mol. The molecule has 0 radical (unpaired) electrons. The Balaban J connectivity index is 2.14. The van der Waals surface area contributed by atoms with E-state index in [4.69, 9.17) is 15.3 Å². The molecule has 2 aromatic rings. The molecule has 3 N–H and O–H groups in total. The van der Waals surface area contributed by atoms with Crippen LogP contribution in [-0.2, 0) is 11.2 Å². The number of hydrogen-bond donors (Lipinski definition) is 2. The van der Waals surface area contributed by atoms with Crippen LogP contribution in [0.25, 0.3) is 11.3 Å². The monoisotopic (exact) mass is 259 g/mol. The molecule has 0 spiro atoms. The molecular weight excluding hydrogens is 246 g/mol. The van der Waals surface area contributed by atoms with Crippen LogP contribution in [0.4, 0.5) is 0 Å². The van der Waals surface area contributed by atoms with Gasteiger partial charge in [0.15, 0.2) is 12.0 Å². The second kappa shape index (κ2) is 5.49. The van der Waals surface area contributed by atoms with Gasteiger partial charge in [-0.3, -0.25) is 9.59 Å². The third-order valence-corrected chi connectivity index (χ3v) is 2.75. The van der Waals surface area contributed by atoms with Crippen LogP contribution in [0, 0.1) is 0 Å². The molecule has 2 rings (SSSR count). The Bertz CT molecular complexity index is 586. The fraction of sp³-hybridized carbons (Fsp3) is 0.143. The number of carboxylic acids is 1. The molecule has 0 unspecified atom stereocenters. The molecule has 0 saturated carbocycles. The maximum atomic E-state index is 10.7. The molecule has 5 heteroatoms. The normalized spacial score (nSPS) is 12.1. The Morgan fingerprint density at radius 3 is 2.47 bits per heavy atom. The van der Waals surface area contributed by atoms with Crippen LogP contribution in [0.15, 0.2) is 40.8 Å². The fourth-order valence-electron chi connectivity index (χ4n) is 1.72. The number of aliphatic carboxylic acids is 1. The molecule has 5 nitrogen and oxygen atoms in total. The Kier molecular flexibility index (Phi) is 3.77. The summed E-state index contributed by atoms with van der Waals surface area (Å²) in [7, 11) is 0. The van der Waals surface area contributed by atoms with Gasteiger partial charge in [0.05, 0.1) is 0 Å². The summed E-state index contributed by atoms with van der Waals surface area (Å²) in [6.45, 7) is 0. The molecule has 1 aromatic carbocycles. The highest BCUT2D eigenvalue weighted by Crippen LogP contribution is 2.22. The van der Waals surface area contributed by atoms with E-state index in [9.17, 15) is 9.59 Å². The molecule has 1 aromatic heterocycles. The van der Waals surface area contributed by atoms with E-state index in [1.54, 1.807) is 36.4 Å². The smallest absolute Gasteiger partial charge is 0.320 e. The van der Waals surface area contributed by atoms with Crippen molar-refractivity contribution in [1.82, 2.24) is 0 Å². The molecule has 0 aliphatic heterocycles. The molecular formula is C14H13NO4. The van der Waals surface area contributed by atoms with Crippen molar-refractivity contribution in [3.05, 3.63) is 47.7 Å². The lowest BCUT2D eigenvalue weighted by molar-refractivity contribution is -0.138. The number of carboxylic acid groups (broad SMARTS) is 1. The number of benzene rings is 1. The number of aldehydes is 1. The van der Waals surface area contributed by atoms with E-state index in [0.29, 0.717) is 12.0 Å². The zero-order valence-corrected chi connectivity index (χ0v) is 10.1. The fourth-order valence-corrected chi connectivity index (χ4v) is 1.72. The minimum absolute atomic E-state index is 0.270. The molecule has 0 bridgehead atoms. The Hall–Kier alpha value is -2.40. The predicted molar refractivity (Wildman–Crippen MR) is 68.8 cm³/mol. The van der Waals surface area contributed by atoms with Crippen molar-refractivity contribution in [3.63, 3.8) is 0 Å². The van der Waals surface area contributed by atoms with Crippen molar-refractivity contribution in [2.75, 3.05) is 0 Å². The first-order valence-electron chi connectivity index (χ1n) is 5.73. The van der Waals surface area contributed by atoms with Crippen molar-refractivity contribution >= 4 is 12.3 Å². The van der Waals surface area contributed by atoms with E-state index in [1.165, 1.54) is 0 Å². The summed E-state index contributed by atoms with van der Waals surface area (Å²) in [5.74, 6) is -0.158. The van der Waals surface area contributed by atoms with Gasteiger partial charge in [-0.1, -0.05) is 24.3 Å². The SMILES string of the molecule is N[C@@H](Cc1ccc(-c2ccc(C=O)o2)cc1)C(=O)O. The van der Waals surface area contributed by atoms with Gasteiger partial charge in [0, 0.05) is 5.56 Å². The zero-order valence-electron chi connectivity index (χ0n) is 10.1. The summed E-state index contributed by atoms with van der Waals surface area (Å²) in [5, 5.41) is 8.73. The lowest BCUT2D eigenvalue weighted by atomic mass is 10.0. The van der Waals surface area contributed by atoms with Crippen LogP contribution in [0.3, 0.4) is 0 Å². The molecule has 19 heavy (non-hydrogen) atoms. The maximum Gasteiger partial charge on any atom is 0.320 e. The Labute approximate surface area is 109 Å². The summed E-state index contributed by atoms with van der Waals surface area (Å²) < 4.78 is 5.29. The summed E-state index contributed by atoms with van der Waals surface area (Å²) in [6, 6.07) is 9.59. The summed E-state index contributed by atoms with van der Waals surface area (Å²) in [6.07, 6.45) is 0.914. The van der Waals surface area contributed by atoms with E-state index in [2.05, 4.69) is 0 Å². The predicted octanol–water partition coefficient (Wildman–Crippen LogP) is 1.71. The summed E-state index contributed by atoms with van der Waals surface area (Å²) >= 11 is 0. The van der Waals surface area contributed by atoms with Crippen molar-refractivity contribution in [1.29, 1.82) is 0 Å². The molecule has 0 aliphatic carbocycles. The Morgan fingerprint density at radius 1 is 1.26 bits per heavy atom. The number of carbonyl (C=O) groups excluding carboxylic acids is 1. The maximum absolute atomic E-state index is 10.7. The molecule has 0 saturated heterocycles. The van der Waals surface area contributed by atoms with Crippen LogP contribution in [0.5, 0.6) is 0 Å².